The van der Waals surface area contributed by atoms with Crippen LogP contribution in [0.1, 0.15) is 11.1 Å². The quantitative estimate of drug-likeness (QED) is 0.331. The van der Waals surface area contributed by atoms with Crippen molar-refractivity contribution in [3.8, 4) is 21.7 Å². The second kappa shape index (κ2) is 6.07. The van der Waals surface area contributed by atoms with E-state index in [2.05, 4.69) is 61.3 Å². The van der Waals surface area contributed by atoms with Gasteiger partial charge < -0.3 is 4.98 Å². The molecule has 5 rings (SSSR count). The molecule has 0 aliphatic rings. The van der Waals surface area contributed by atoms with Gasteiger partial charge in [-0.2, -0.15) is 0 Å². The van der Waals surface area contributed by atoms with Crippen molar-refractivity contribution < 1.29 is 4.39 Å². The lowest BCUT2D eigenvalue weighted by Gasteiger charge is -2.06. The van der Waals surface area contributed by atoms with Crippen LogP contribution in [-0.4, -0.2) is 4.98 Å². The minimum absolute atomic E-state index is 0.214. The molecular formula is C24H18FNS. The largest absolute Gasteiger partial charge is 0.353 e. The van der Waals surface area contributed by atoms with Gasteiger partial charge in [0.25, 0.3) is 0 Å². The molecule has 0 aliphatic carbocycles. The van der Waals surface area contributed by atoms with Gasteiger partial charge in [-0.05, 0) is 60.7 Å². The summed E-state index contributed by atoms with van der Waals surface area (Å²) in [4.78, 5) is 4.88. The molecule has 2 aromatic heterocycles. The molecule has 0 spiro atoms. The molecule has 1 N–H and O–H groups in total. The first-order valence-corrected chi connectivity index (χ1v) is 9.80. The van der Waals surface area contributed by atoms with Crippen molar-refractivity contribution in [1.29, 1.82) is 0 Å². The van der Waals surface area contributed by atoms with Crippen LogP contribution in [-0.2, 0) is 0 Å². The van der Waals surface area contributed by atoms with Crippen LogP contribution in [0, 0.1) is 19.7 Å². The van der Waals surface area contributed by atoms with Crippen molar-refractivity contribution in [1.82, 2.24) is 4.98 Å². The van der Waals surface area contributed by atoms with Crippen LogP contribution in [0.2, 0.25) is 0 Å². The van der Waals surface area contributed by atoms with Gasteiger partial charge in [-0.25, -0.2) is 4.39 Å². The molecule has 0 unspecified atom stereocenters. The highest BCUT2D eigenvalue weighted by atomic mass is 32.1. The van der Waals surface area contributed by atoms with E-state index in [1.54, 1.807) is 11.3 Å². The van der Waals surface area contributed by atoms with E-state index in [-0.39, 0.29) is 5.82 Å². The smallest absolute Gasteiger partial charge is 0.123 e. The van der Waals surface area contributed by atoms with E-state index in [0.717, 1.165) is 22.3 Å². The zero-order valence-corrected chi connectivity index (χ0v) is 16.0. The fourth-order valence-electron chi connectivity index (χ4n) is 3.81. The Morgan fingerprint density at radius 2 is 1.63 bits per heavy atom. The average Bonchev–Trinajstić information content (AvgIpc) is 3.20. The summed E-state index contributed by atoms with van der Waals surface area (Å²) in [5, 5.41) is 2.46. The zero-order chi connectivity index (χ0) is 18.5. The molecule has 0 atom stereocenters. The second-order valence-electron chi connectivity index (χ2n) is 6.98. The molecular weight excluding hydrogens is 353 g/mol. The van der Waals surface area contributed by atoms with Gasteiger partial charge in [0.15, 0.2) is 0 Å². The van der Waals surface area contributed by atoms with Gasteiger partial charge >= 0.3 is 0 Å². The molecule has 0 saturated heterocycles. The fraction of sp³-hybridized carbons (Fsp3) is 0.0833. The first-order chi connectivity index (χ1) is 13.1. The molecule has 2 heterocycles. The number of H-pyrrole nitrogens is 1. The van der Waals surface area contributed by atoms with Crippen molar-refractivity contribution in [3.63, 3.8) is 0 Å². The Bertz CT molecular complexity index is 1290. The lowest BCUT2D eigenvalue weighted by molar-refractivity contribution is 0.628. The van der Waals surface area contributed by atoms with Crippen LogP contribution in [0.15, 0.2) is 66.7 Å². The number of halogens is 1. The van der Waals surface area contributed by atoms with Crippen molar-refractivity contribution in [2.75, 3.05) is 0 Å². The van der Waals surface area contributed by atoms with Gasteiger partial charge in [0.2, 0.25) is 0 Å². The molecule has 0 amide bonds. The summed E-state index contributed by atoms with van der Waals surface area (Å²) in [6.07, 6.45) is 0. The third-order valence-electron chi connectivity index (χ3n) is 5.16. The van der Waals surface area contributed by atoms with Crippen molar-refractivity contribution in [3.05, 3.63) is 83.7 Å². The Kier molecular flexibility index (Phi) is 3.66. The van der Waals surface area contributed by atoms with E-state index in [4.69, 9.17) is 0 Å². The summed E-state index contributed by atoms with van der Waals surface area (Å²) < 4.78 is 14.8. The molecule has 0 saturated carbocycles. The monoisotopic (exact) mass is 371 g/mol. The summed E-state index contributed by atoms with van der Waals surface area (Å²) in [6, 6.07) is 21.8. The van der Waals surface area contributed by atoms with Gasteiger partial charge in [0.05, 0.1) is 10.6 Å². The van der Waals surface area contributed by atoms with E-state index in [0.29, 0.717) is 0 Å². The number of hydrogen-bond donors (Lipinski definition) is 1. The summed E-state index contributed by atoms with van der Waals surface area (Å²) in [5.41, 5.74) is 6.88. The fourth-order valence-corrected chi connectivity index (χ4v) is 5.02. The van der Waals surface area contributed by atoms with Crippen LogP contribution in [0.25, 0.3) is 42.7 Å². The summed E-state index contributed by atoms with van der Waals surface area (Å²) in [5.74, 6) is -0.214. The first-order valence-electron chi connectivity index (χ1n) is 8.98. The van der Waals surface area contributed by atoms with Gasteiger partial charge in [-0.15, -0.1) is 11.3 Å². The van der Waals surface area contributed by atoms with Gasteiger partial charge in [-0.3, -0.25) is 0 Å². The van der Waals surface area contributed by atoms with Gasteiger partial charge in [0, 0.05) is 21.2 Å². The van der Waals surface area contributed by atoms with Gasteiger partial charge in [0.1, 0.15) is 5.82 Å². The molecule has 27 heavy (non-hydrogen) atoms. The Hall–Kier alpha value is -2.91. The van der Waals surface area contributed by atoms with Crippen LogP contribution >= 0.6 is 11.3 Å². The van der Waals surface area contributed by atoms with E-state index in [1.807, 2.05) is 12.1 Å². The normalized spacial score (nSPS) is 11.5. The third-order valence-corrected chi connectivity index (χ3v) is 6.45. The van der Waals surface area contributed by atoms with Crippen molar-refractivity contribution in [2.45, 2.75) is 13.8 Å². The lowest BCUT2D eigenvalue weighted by atomic mass is 9.99. The van der Waals surface area contributed by atoms with Gasteiger partial charge in [-0.1, -0.05) is 42.0 Å². The molecule has 0 radical (unpaired) electrons. The number of hydrogen-bond acceptors (Lipinski definition) is 1. The molecule has 132 valence electrons. The van der Waals surface area contributed by atoms with Crippen LogP contribution < -0.4 is 0 Å². The highest BCUT2D eigenvalue weighted by Crippen LogP contribution is 2.44. The molecule has 0 bridgehead atoms. The van der Waals surface area contributed by atoms with E-state index in [9.17, 15) is 4.39 Å². The maximum absolute atomic E-state index is 13.5. The van der Waals surface area contributed by atoms with Crippen LogP contribution in [0.5, 0.6) is 0 Å². The van der Waals surface area contributed by atoms with E-state index in [1.165, 1.54) is 43.6 Å². The summed E-state index contributed by atoms with van der Waals surface area (Å²) in [7, 11) is 0. The SMILES string of the molecule is Cc1ccc2[nH]c(-c3sc4ccccc4c3C)c(-c3ccc(F)cc3)c2c1. The zero-order valence-electron chi connectivity index (χ0n) is 15.1. The number of thiophene rings is 1. The number of rotatable bonds is 2. The Labute approximate surface area is 161 Å². The van der Waals surface area contributed by atoms with Crippen LogP contribution in [0.3, 0.4) is 0 Å². The predicted octanol–water partition coefficient (Wildman–Crippen LogP) is 7.47. The highest BCUT2D eigenvalue weighted by Gasteiger charge is 2.19. The van der Waals surface area contributed by atoms with E-state index < -0.39 is 0 Å². The number of aryl methyl sites for hydroxylation is 2. The molecule has 3 aromatic carbocycles. The number of aromatic nitrogens is 1. The molecule has 3 heteroatoms. The summed E-state index contributed by atoms with van der Waals surface area (Å²) >= 11 is 1.80. The van der Waals surface area contributed by atoms with Crippen LogP contribution in [0.4, 0.5) is 4.39 Å². The Morgan fingerprint density at radius 3 is 2.41 bits per heavy atom. The number of fused-ring (bicyclic) bond motifs is 2. The Morgan fingerprint density at radius 1 is 0.852 bits per heavy atom. The molecule has 1 nitrogen and oxygen atoms in total. The van der Waals surface area contributed by atoms with Crippen molar-refractivity contribution >= 4 is 32.3 Å². The standard InChI is InChI=1S/C24H18FNS/c1-14-7-12-20-19(13-14)22(16-8-10-17(25)11-9-16)23(26-20)24-15(2)18-5-3-4-6-21(18)27-24/h3-13,26H,1-2H3. The predicted molar refractivity (Wildman–Crippen MR) is 114 cm³/mol. The molecule has 5 aromatic rings. The van der Waals surface area contributed by atoms with E-state index >= 15 is 0 Å². The molecule has 0 fully saturated rings. The topological polar surface area (TPSA) is 15.8 Å². The lowest BCUT2D eigenvalue weighted by Crippen LogP contribution is -1.83. The Balaban J connectivity index is 1.87. The molecule has 0 aliphatic heterocycles. The number of benzene rings is 3. The highest BCUT2D eigenvalue weighted by molar-refractivity contribution is 7.22. The average molecular weight is 371 g/mol. The summed E-state index contributed by atoms with van der Waals surface area (Å²) in [6.45, 7) is 4.28. The second-order valence-corrected chi connectivity index (χ2v) is 8.04. The number of nitrogens with one attached hydrogen (secondary N) is 1. The maximum atomic E-state index is 13.5. The first kappa shape index (κ1) is 16.3. The third kappa shape index (κ3) is 2.58. The minimum Gasteiger partial charge on any atom is -0.353 e. The minimum atomic E-state index is -0.214. The number of aromatic amines is 1. The maximum Gasteiger partial charge on any atom is 0.123 e. The van der Waals surface area contributed by atoms with Crippen molar-refractivity contribution in [2.24, 2.45) is 0 Å².